The average Bonchev–Trinajstić information content (AvgIpc) is 2.38. The monoisotopic (exact) mass is 383 g/mol. The van der Waals surface area contributed by atoms with Crippen molar-refractivity contribution >= 4 is 43.2 Å². The highest BCUT2D eigenvalue weighted by molar-refractivity contribution is 9.11. The van der Waals surface area contributed by atoms with Crippen molar-refractivity contribution in [2.75, 3.05) is 24.3 Å². The zero-order chi connectivity index (χ0) is 13.8. The van der Waals surface area contributed by atoms with Crippen molar-refractivity contribution in [3.8, 4) is 0 Å². The van der Waals surface area contributed by atoms with E-state index in [9.17, 15) is 0 Å². The van der Waals surface area contributed by atoms with Crippen LogP contribution in [0.15, 0.2) is 45.5 Å². The maximum atomic E-state index is 4.37. The maximum Gasteiger partial charge on any atom is 0.0737 e. The fraction of sp³-hybridized carbons (Fsp3) is 0.214. The summed E-state index contributed by atoms with van der Waals surface area (Å²) in [7, 11) is 4.07. The van der Waals surface area contributed by atoms with E-state index in [0.29, 0.717) is 6.54 Å². The first-order valence-corrected chi connectivity index (χ1v) is 7.46. The molecule has 0 radical (unpaired) electrons. The molecule has 0 saturated carbocycles. The number of hydrogen-bond donors (Lipinski definition) is 1. The summed E-state index contributed by atoms with van der Waals surface area (Å²) in [5.74, 6) is 0. The Labute approximate surface area is 130 Å². The summed E-state index contributed by atoms with van der Waals surface area (Å²) in [5, 5.41) is 3.36. The van der Waals surface area contributed by atoms with Crippen molar-refractivity contribution in [3.63, 3.8) is 0 Å². The van der Waals surface area contributed by atoms with Crippen molar-refractivity contribution in [2.45, 2.75) is 6.54 Å². The third kappa shape index (κ3) is 3.94. The second-order valence-electron chi connectivity index (χ2n) is 4.38. The molecule has 0 unspecified atom stereocenters. The quantitative estimate of drug-likeness (QED) is 0.852. The van der Waals surface area contributed by atoms with Crippen LogP contribution in [0.4, 0.5) is 11.4 Å². The number of hydrogen-bond acceptors (Lipinski definition) is 3. The molecule has 2 rings (SSSR count). The molecule has 1 N–H and O–H groups in total. The Balaban J connectivity index is 2.02. The van der Waals surface area contributed by atoms with Crippen LogP contribution in [-0.2, 0) is 6.54 Å². The van der Waals surface area contributed by atoms with E-state index in [2.05, 4.69) is 71.3 Å². The average molecular weight is 385 g/mol. The lowest BCUT2D eigenvalue weighted by Gasteiger charge is -2.13. The van der Waals surface area contributed by atoms with E-state index >= 15 is 0 Å². The van der Waals surface area contributed by atoms with Crippen LogP contribution in [0.5, 0.6) is 0 Å². The zero-order valence-electron chi connectivity index (χ0n) is 10.8. The first-order valence-electron chi connectivity index (χ1n) is 5.87. The van der Waals surface area contributed by atoms with Gasteiger partial charge in [-0.3, -0.25) is 4.98 Å². The molecule has 0 aliphatic carbocycles. The summed E-state index contributed by atoms with van der Waals surface area (Å²) in [4.78, 5) is 6.45. The molecule has 2 aromatic rings. The molecule has 1 aromatic heterocycles. The van der Waals surface area contributed by atoms with Gasteiger partial charge in [0, 0.05) is 40.6 Å². The first kappa shape index (κ1) is 14.3. The highest BCUT2D eigenvalue weighted by Crippen LogP contribution is 2.21. The molecule has 19 heavy (non-hydrogen) atoms. The Hall–Kier alpha value is -1.07. The topological polar surface area (TPSA) is 28.2 Å². The fourth-order valence-electron chi connectivity index (χ4n) is 1.64. The Kier molecular flexibility index (Phi) is 4.82. The van der Waals surface area contributed by atoms with Crippen molar-refractivity contribution in [2.24, 2.45) is 0 Å². The number of pyridine rings is 1. The molecular formula is C14H15Br2N3. The standard InChI is InChI=1S/C14H15Br2N3/c1-19(2)12-5-3-11(4-6-12)17-9-14-13(16)7-10(15)8-18-14/h3-8,17H,9H2,1-2H3. The minimum atomic E-state index is 0.690. The van der Waals surface area contributed by atoms with Crippen LogP contribution < -0.4 is 10.2 Å². The van der Waals surface area contributed by atoms with Gasteiger partial charge in [-0.1, -0.05) is 0 Å². The van der Waals surface area contributed by atoms with Gasteiger partial charge in [-0.15, -0.1) is 0 Å². The van der Waals surface area contributed by atoms with E-state index in [4.69, 9.17) is 0 Å². The smallest absolute Gasteiger partial charge is 0.0737 e. The molecular weight excluding hydrogens is 370 g/mol. The van der Waals surface area contributed by atoms with Gasteiger partial charge >= 0.3 is 0 Å². The maximum absolute atomic E-state index is 4.37. The lowest BCUT2D eigenvalue weighted by Crippen LogP contribution is -2.08. The molecule has 0 amide bonds. The SMILES string of the molecule is CN(C)c1ccc(NCc2ncc(Br)cc2Br)cc1. The number of nitrogens with one attached hydrogen (secondary N) is 1. The van der Waals surface area contributed by atoms with Crippen LogP contribution in [0.2, 0.25) is 0 Å². The van der Waals surface area contributed by atoms with Gasteiger partial charge in [0.1, 0.15) is 0 Å². The van der Waals surface area contributed by atoms with Gasteiger partial charge in [0.25, 0.3) is 0 Å². The van der Waals surface area contributed by atoms with E-state index < -0.39 is 0 Å². The van der Waals surface area contributed by atoms with Crippen molar-refractivity contribution < 1.29 is 0 Å². The molecule has 0 atom stereocenters. The molecule has 0 saturated heterocycles. The highest BCUT2D eigenvalue weighted by atomic mass is 79.9. The van der Waals surface area contributed by atoms with Gasteiger partial charge < -0.3 is 10.2 Å². The molecule has 0 aliphatic rings. The van der Waals surface area contributed by atoms with Crippen LogP contribution in [0.3, 0.4) is 0 Å². The lowest BCUT2D eigenvalue weighted by molar-refractivity contribution is 1.03. The van der Waals surface area contributed by atoms with E-state index in [1.807, 2.05) is 20.2 Å². The Bertz CT molecular complexity index is 553. The van der Waals surface area contributed by atoms with Crippen molar-refractivity contribution in [1.82, 2.24) is 4.98 Å². The molecule has 0 spiro atoms. The van der Waals surface area contributed by atoms with Crippen molar-refractivity contribution in [1.29, 1.82) is 0 Å². The number of anilines is 2. The number of benzene rings is 1. The second kappa shape index (κ2) is 6.39. The van der Waals surface area contributed by atoms with E-state index in [1.165, 1.54) is 5.69 Å². The van der Waals surface area contributed by atoms with Crippen LogP contribution in [0, 0.1) is 0 Å². The number of rotatable bonds is 4. The van der Waals surface area contributed by atoms with Crippen LogP contribution in [0.1, 0.15) is 5.69 Å². The summed E-state index contributed by atoms with van der Waals surface area (Å²) in [6, 6.07) is 10.3. The molecule has 100 valence electrons. The summed E-state index contributed by atoms with van der Waals surface area (Å²) in [5.41, 5.74) is 3.26. The number of nitrogens with zero attached hydrogens (tertiary/aromatic N) is 2. The normalized spacial score (nSPS) is 10.3. The van der Waals surface area contributed by atoms with Gasteiger partial charge in [0.2, 0.25) is 0 Å². The predicted molar refractivity (Wildman–Crippen MR) is 87.7 cm³/mol. The molecule has 5 heteroatoms. The van der Waals surface area contributed by atoms with Gasteiger partial charge in [0.05, 0.1) is 12.2 Å². The lowest BCUT2D eigenvalue weighted by atomic mass is 10.2. The first-order chi connectivity index (χ1) is 9.06. The van der Waals surface area contributed by atoms with Crippen molar-refractivity contribution in [3.05, 3.63) is 51.2 Å². The van der Waals surface area contributed by atoms with Gasteiger partial charge in [-0.05, 0) is 62.2 Å². The Morgan fingerprint density at radius 1 is 1.16 bits per heavy atom. The molecule has 0 bridgehead atoms. The minimum Gasteiger partial charge on any atom is -0.379 e. The van der Waals surface area contributed by atoms with Crippen LogP contribution in [-0.4, -0.2) is 19.1 Å². The van der Waals surface area contributed by atoms with Crippen LogP contribution in [0.25, 0.3) is 0 Å². The van der Waals surface area contributed by atoms with Gasteiger partial charge in [-0.2, -0.15) is 0 Å². The molecule has 0 fully saturated rings. The minimum absolute atomic E-state index is 0.690. The zero-order valence-corrected chi connectivity index (χ0v) is 14.0. The van der Waals surface area contributed by atoms with Crippen LogP contribution >= 0.6 is 31.9 Å². The van der Waals surface area contributed by atoms with E-state index in [-0.39, 0.29) is 0 Å². The predicted octanol–water partition coefficient (Wildman–Crippen LogP) is 4.28. The summed E-state index contributed by atoms with van der Waals surface area (Å²) >= 11 is 6.91. The van der Waals surface area contributed by atoms with Gasteiger partial charge in [-0.25, -0.2) is 0 Å². The van der Waals surface area contributed by atoms with E-state index in [0.717, 1.165) is 20.3 Å². The molecule has 0 aliphatic heterocycles. The highest BCUT2D eigenvalue weighted by Gasteiger charge is 2.02. The Morgan fingerprint density at radius 2 is 1.84 bits per heavy atom. The summed E-state index contributed by atoms with van der Waals surface area (Å²) in [6.07, 6.45) is 1.80. The Morgan fingerprint density at radius 3 is 2.42 bits per heavy atom. The third-order valence-corrected chi connectivity index (χ3v) is 3.85. The number of halogens is 2. The van der Waals surface area contributed by atoms with Gasteiger partial charge in [0.15, 0.2) is 0 Å². The summed E-state index contributed by atoms with van der Waals surface area (Å²) in [6.45, 7) is 0.690. The second-order valence-corrected chi connectivity index (χ2v) is 6.15. The van der Waals surface area contributed by atoms with E-state index in [1.54, 1.807) is 6.20 Å². The molecule has 1 aromatic carbocycles. The largest absolute Gasteiger partial charge is 0.379 e. The molecule has 3 nitrogen and oxygen atoms in total. The third-order valence-electron chi connectivity index (χ3n) is 2.73. The summed E-state index contributed by atoms with van der Waals surface area (Å²) < 4.78 is 1.97. The molecule has 1 heterocycles. The fourth-order valence-corrected chi connectivity index (χ4v) is 2.76. The number of aromatic nitrogens is 1.